The van der Waals surface area contributed by atoms with E-state index in [1.54, 1.807) is 7.05 Å². The zero-order valence-corrected chi connectivity index (χ0v) is 12.4. The van der Waals surface area contributed by atoms with Gasteiger partial charge in [0.05, 0.1) is 0 Å². The van der Waals surface area contributed by atoms with E-state index in [4.69, 9.17) is 10.5 Å². The van der Waals surface area contributed by atoms with Crippen LogP contribution in [0.3, 0.4) is 0 Å². The minimum absolute atomic E-state index is 0. The van der Waals surface area contributed by atoms with Gasteiger partial charge in [0, 0.05) is 31.6 Å². The zero-order chi connectivity index (χ0) is 10.4. The second-order valence-electron chi connectivity index (χ2n) is 3.46. The molecule has 1 fully saturated rings. The first-order chi connectivity index (χ1) is 6.72. The summed E-state index contributed by atoms with van der Waals surface area (Å²) in [5.41, 5.74) is 5.60. The van der Waals surface area contributed by atoms with Crippen LogP contribution in [0.1, 0.15) is 12.8 Å². The van der Waals surface area contributed by atoms with E-state index in [2.05, 4.69) is 16.6 Å². The molecule has 0 saturated carbocycles. The number of hydrogen-bond acceptors (Lipinski definition) is 3. The van der Waals surface area contributed by atoms with Gasteiger partial charge in [-0.05, 0) is 19.1 Å². The molecule has 0 aliphatic carbocycles. The molecule has 0 atom stereocenters. The number of nitrogens with zero attached hydrogens (tertiary/aromatic N) is 1. The van der Waals surface area contributed by atoms with E-state index in [0.29, 0.717) is 5.96 Å². The number of nitrogens with one attached hydrogen (secondary N) is 1. The predicted molar refractivity (Wildman–Crippen MR) is 77.3 cm³/mol. The van der Waals surface area contributed by atoms with Crippen LogP contribution in [0, 0.1) is 0 Å². The third-order valence-electron chi connectivity index (χ3n) is 2.67. The van der Waals surface area contributed by atoms with Crippen LogP contribution in [0.5, 0.6) is 0 Å². The van der Waals surface area contributed by atoms with Gasteiger partial charge in [0.2, 0.25) is 0 Å². The molecule has 1 saturated heterocycles. The number of rotatable bonds is 3. The van der Waals surface area contributed by atoms with Crippen LogP contribution in [0.15, 0.2) is 4.99 Å². The van der Waals surface area contributed by atoms with Crippen LogP contribution < -0.4 is 11.1 Å². The van der Waals surface area contributed by atoms with Crippen LogP contribution in [0.25, 0.3) is 0 Å². The molecule has 90 valence electrons. The highest BCUT2D eigenvalue weighted by Gasteiger charge is 2.31. The number of ether oxygens (including phenoxy) is 1. The SMILES string of the molecule is CN=C(N)NCC1(SC)CCOCC1.I. The van der Waals surface area contributed by atoms with E-state index in [9.17, 15) is 0 Å². The molecular weight excluding hydrogens is 325 g/mol. The highest BCUT2D eigenvalue weighted by Crippen LogP contribution is 2.32. The molecule has 0 unspecified atom stereocenters. The van der Waals surface area contributed by atoms with Crippen molar-refractivity contribution in [3.05, 3.63) is 0 Å². The van der Waals surface area contributed by atoms with Crippen LogP contribution >= 0.6 is 35.7 Å². The van der Waals surface area contributed by atoms with Crippen molar-refractivity contribution in [3.8, 4) is 0 Å². The molecule has 4 nitrogen and oxygen atoms in total. The van der Waals surface area contributed by atoms with Crippen LogP contribution in [-0.2, 0) is 4.74 Å². The number of halogens is 1. The highest BCUT2D eigenvalue weighted by molar-refractivity contribution is 14.0. The first-order valence-corrected chi connectivity index (χ1v) is 6.04. The predicted octanol–water partition coefficient (Wildman–Crippen LogP) is 1.05. The molecule has 0 aromatic carbocycles. The summed E-state index contributed by atoms with van der Waals surface area (Å²) in [4.78, 5) is 3.88. The van der Waals surface area contributed by atoms with Crippen molar-refractivity contribution in [2.45, 2.75) is 17.6 Å². The zero-order valence-electron chi connectivity index (χ0n) is 9.28. The molecule has 6 heteroatoms. The molecule has 15 heavy (non-hydrogen) atoms. The Balaban J connectivity index is 0.00000196. The molecular formula is C9H20IN3OS. The third kappa shape index (κ3) is 4.78. The molecule has 1 aliphatic heterocycles. The Morgan fingerprint density at radius 3 is 2.60 bits per heavy atom. The summed E-state index contributed by atoms with van der Waals surface area (Å²) in [5.74, 6) is 0.518. The Labute approximate surface area is 113 Å². The van der Waals surface area contributed by atoms with Crippen LogP contribution in [-0.4, -0.2) is 43.8 Å². The molecule has 1 heterocycles. The highest BCUT2D eigenvalue weighted by atomic mass is 127. The monoisotopic (exact) mass is 345 g/mol. The van der Waals surface area contributed by atoms with Crippen molar-refractivity contribution >= 4 is 41.7 Å². The first kappa shape index (κ1) is 15.3. The van der Waals surface area contributed by atoms with Crippen molar-refractivity contribution in [2.75, 3.05) is 33.1 Å². The average Bonchev–Trinajstić information content (AvgIpc) is 2.27. The maximum absolute atomic E-state index is 5.60. The van der Waals surface area contributed by atoms with E-state index < -0.39 is 0 Å². The average molecular weight is 345 g/mol. The summed E-state index contributed by atoms with van der Waals surface area (Å²) in [6.07, 6.45) is 4.31. The fraction of sp³-hybridized carbons (Fsp3) is 0.889. The van der Waals surface area contributed by atoms with E-state index in [0.717, 1.165) is 32.6 Å². The summed E-state index contributed by atoms with van der Waals surface area (Å²) in [5, 5.41) is 3.15. The molecule has 0 spiro atoms. The van der Waals surface area contributed by atoms with Crippen molar-refractivity contribution in [1.29, 1.82) is 0 Å². The number of aliphatic imine (C=N–C) groups is 1. The maximum Gasteiger partial charge on any atom is 0.188 e. The van der Waals surface area contributed by atoms with Gasteiger partial charge >= 0.3 is 0 Å². The maximum atomic E-state index is 5.60. The largest absolute Gasteiger partial charge is 0.381 e. The summed E-state index contributed by atoms with van der Waals surface area (Å²) >= 11 is 1.89. The standard InChI is InChI=1S/C9H19N3OS.HI/c1-11-8(10)12-7-9(14-2)3-5-13-6-4-9;/h3-7H2,1-2H3,(H3,10,11,12);1H. The van der Waals surface area contributed by atoms with Gasteiger partial charge in [0.25, 0.3) is 0 Å². The van der Waals surface area contributed by atoms with Gasteiger partial charge in [0.15, 0.2) is 5.96 Å². The fourth-order valence-electron chi connectivity index (χ4n) is 1.53. The number of hydrogen-bond donors (Lipinski definition) is 2. The second kappa shape index (κ2) is 7.56. The lowest BCUT2D eigenvalue weighted by molar-refractivity contribution is 0.0783. The van der Waals surface area contributed by atoms with Crippen molar-refractivity contribution < 1.29 is 4.74 Å². The molecule has 1 aliphatic rings. The van der Waals surface area contributed by atoms with Gasteiger partial charge in [0.1, 0.15) is 0 Å². The molecule has 0 aromatic rings. The third-order valence-corrected chi connectivity index (χ3v) is 4.09. The van der Waals surface area contributed by atoms with Crippen molar-refractivity contribution in [3.63, 3.8) is 0 Å². The van der Waals surface area contributed by atoms with Crippen LogP contribution in [0.2, 0.25) is 0 Å². The molecule has 0 aromatic heterocycles. The summed E-state index contributed by atoms with van der Waals surface area (Å²) < 4.78 is 5.63. The Morgan fingerprint density at radius 1 is 1.53 bits per heavy atom. The van der Waals surface area contributed by atoms with Crippen LogP contribution in [0.4, 0.5) is 0 Å². The van der Waals surface area contributed by atoms with Gasteiger partial charge in [-0.1, -0.05) is 0 Å². The molecule has 0 bridgehead atoms. The lowest BCUT2D eigenvalue weighted by Gasteiger charge is -2.35. The minimum Gasteiger partial charge on any atom is -0.381 e. The van der Waals surface area contributed by atoms with E-state index >= 15 is 0 Å². The number of guanidine groups is 1. The number of thioether (sulfide) groups is 1. The van der Waals surface area contributed by atoms with E-state index in [1.165, 1.54) is 0 Å². The van der Waals surface area contributed by atoms with E-state index in [-0.39, 0.29) is 28.7 Å². The van der Waals surface area contributed by atoms with Gasteiger partial charge < -0.3 is 15.8 Å². The lowest BCUT2D eigenvalue weighted by Crippen LogP contribution is -2.46. The van der Waals surface area contributed by atoms with Gasteiger partial charge in [-0.2, -0.15) is 11.8 Å². The Kier molecular flexibility index (Phi) is 7.72. The quantitative estimate of drug-likeness (QED) is 0.456. The molecule has 0 radical (unpaired) electrons. The molecule has 0 amide bonds. The van der Waals surface area contributed by atoms with Crippen molar-refractivity contribution in [1.82, 2.24) is 5.32 Å². The van der Waals surface area contributed by atoms with Crippen molar-refractivity contribution in [2.24, 2.45) is 10.7 Å². The Morgan fingerprint density at radius 2 is 2.13 bits per heavy atom. The number of nitrogens with two attached hydrogens (primary N) is 1. The topological polar surface area (TPSA) is 59.6 Å². The summed E-state index contributed by atoms with van der Waals surface area (Å²) in [6, 6.07) is 0. The first-order valence-electron chi connectivity index (χ1n) is 4.81. The van der Waals surface area contributed by atoms with Gasteiger partial charge in [-0.15, -0.1) is 24.0 Å². The molecule has 1 rings (SSSR count). The van der Waals surface area contributed by atoms with Gasteiger partial charge in [-0.25, -0.2) is 0 Å². The minimum atomic E-state index is 0. The Hall–Kier alpha value is 0.310. The Bertz CT molecular complexity index is 208. The normalized spacial score (nSPS) is 20.5. The van der Waals surface area contributed by atoms with E-state index in [1.807, 2.05) is 11.8 Å². The summed E-state index contributed by atoms with van der Waals surface area (Å²) in [7, 11) is 1.69. The lowest BCUT2D eigenvalue weighted by atomic mass is 9.99. The smallest absolute Gasteiger partial charge is 0.188 e. The molecule has 3 N–H and O–H groups in total. The second-order valence-corrected chi connectivity index (χ2v) is 4.74. The van der Waals surface area contributed by atoms with Gasteiger partial charge in [-0.3, -0.25) is 4.99 Å². The summed E-state index contributed by atoms with van der Waals surface area (Å²) in [6.45, 7) is 2.58. The fourth-order valence-corrected chi connectivity index (χ4v) is 2.32.